The van der Waals surface area contributed by atoms with Crippen molar-refractivity contribution in [3.63, 3.8) is 0 Å². The van der Waals surface area contributed by atoms with Crippen molar-refractivity contribution in [2.24, 2.45) is 0 Å². The molecule has 0 saturated carbocycles. The van der Waals surface area contributed by atoms with E-state index in [9.17, 15) is 18.4 Å². The molecule has 8 heteroatoms. The fourth-order valence-corrected chi connectivity index (χ4v) is 1.76. The number of benzene rings is 1. The van der Waals surface area contributed by atoms with Crippen LogP contribution in [0.25, 0.3) is 0 Å². The molecule has 2 amide bonds. The van der Waals surface area contributed by atoms with Crippen molar-refractivity contribution >= 4 is 27.7 Å². The van der Waals surface area contributed by atoms with Crippen LogP contribution in [0.1, 0.15) is 20.8 Å². The third kappa shape index (κ3) is 3.21. The Hall–Kier alpha value is -2.22. The molecule has 0 atom stereocenters. The number of hydrogen-bond acceptors (Lipinski definition) is 2. The van der Waals surface area contributed by atoms with E-state index in [0.717, 1.165) is 12.1 Å². The zero-order valence-corrected chi connectivity index (χ0v) is 11.4. The Morgan fingerprint density at radius 3 is 2.40 bits per heavy atom. The molecule has 104 valence electrons. The lowest BCUT2D eigenvalue weighted by molar-refractivity contribution is 0.0842. The highest BCUT2D eigenvalue weighted by molar-refractivity contribution is 9.10. The lowest BCUT2D eigenvalue weighted by Gasteiger charge is -2.07. The van der Waals surface area contributed by atoms with Gasteiger partial charge in [-0.25, -0.2) is 8.78 Å². The molecular formula is C12H8BrF2N3O2. The van der Waals surface area contributed by atoms with E-state index in [4.69, 9.17) is 0 Å². The van der Waals surface area contributed by atoms with Gasteiger partial charge in [0.05, 0.1) is 5.56 Å². The second-order valence-electron chi connectivity index (χ2n) is 3.76. The smallest absolute Gasteiger partial charge is 0.286 e. The summed E-state index contributed by atoms with van der Waals surface area (Å²) >= 11 is 3.15. The summed E-state index contributed by atoms with van der Waals surface area (Å²) in [6.45, 7) is 0. The van der Waals surface area contributed by atoms with E-state index in [1.165, 1.54) is 12.3 Å². The summed E-state index contributed by atoms with van der Waals surface area (Å²) in [7, 11) is 0. The average Bonchev–Trinajstić information content (AvgIpc) is 2.82. The molecule has 1 aromatic heterocycles. The number of carbonyl (C=O) groups is 2. The first-order valence-corrected chi connectivity index (χ1v) is 6.16. The minimum absolute atomic E-state index is 0.205. The molecule has 0 radical (unpaired) electrons. The standard InChI is InChI=1S/C12H8BrF2N3O2/c13-6-3-10(16-5-6)12(20)18-17-11(19)8-2-1-7(14)4-9(8)15/h1-5,16H,(H,17,19)(H,18,20). The Balaban J connectivity index is 2.00. The Kier molecular flexibility index (Phi) is 4.14. The highest BCUT2D eigenvalue weighted by Gasteiger charge is 2.14. The summed E-state index contributed by atoms with van der Waals surface area (Å²) in [6.07, 6.45) is 1.54. The van der Waals surface area contributed by atoms with Crippen molar-refractivity contribution in [2.75, 3.05) is 0 Å². The zero-order valence-electron chi connectivity index (χ0n) is 9.84. The predicted molar refractivity (Wildman–Crippen MR) is 69.8 cm³/mol. The summed E-state index contributed by atoms with van der Waals surface area (Å²) < 4.78 is 26.7. The largest absolute Gasteiger partial charge is 0.356 e. The molecule has 0 aliphatic heterocycles. The van der Waals surface area contributed by atoms with E-state index in [1.807, 2.05) is 5.43 Å². The molecule has 0 saturated heterocycles. The summed E-state index contributed by atoms with van der Waals surface area (Å²) in [5, 5.41) is 0. The first kappa shape index (κ1) is 14.2. The van der Waals surface area contributed by atoms with Gasteiger partial charge < -0.3 is 4.98 Å². The maximum atomic E-state index is 13.3. The van der Waals surface area contributed by atoms with Crippen molar-refractivity contribution in [2.45, 2.75) is 0 Å². The topological polar surface area (TPSA) is 74.0 Å². The Bertz CT molecular complexity index is 672. The summed E-state index contributed by atoms with van der Waals surface area (Å²) in [4.78, 5) is 25.9. The van der Waals surface area contributed by atoms with E-state index in [-0.39, 0.29) is 11.3 Å². The number of nitrogens with one attached hydrogen (secondary N) is 3. The molecule has 0 fully saturated rings. The van der Waals surface area contributed by atoms with Crippen LogP contribution in [-0.2, 0) is 0 Å². The molecule has 1 aromatic carbocycles. The van der Waals surface area contributed by atoms with Crippen molar-refractivity contribution < 1.29 is 18.4 Å². The maximum Gasteiger partial charge on any atom is 0.286 e. The van der Waals surface area contributed by atoms with Crippen LogP contribution < -0.4 is 10.9 Å². The lowest BCUT2D eigenvalue weighted by Crippen LogP contribution is -2.42. The van der Waals surface area contributed by atoms with Crippen LogP contribution >= 0.6 is 15.9 Å². The third-order valence-corrected chi connectivity index (χ3v) is 2.82. The van der Waals surface area contributed by atoms with Crippen LogP contribution in [0.5, 0.6) is 0 Å². The van der Waals surface area contributed by atoms with Gasteiger partial charge in [-0.05, 0) is 34.1 Å². The second kappa shape index (κ2) is 5.83. The highest BCUT2D eigenvalue weighted by atomic mass is 79.9. The van der Waals surface area contributed by atoms with Gasteiger partial charge in [-0.3, -0.25) is 20.4 Å². The van der Waals surface area contributed by atoms with Crippen LogP contribution in [0.4, 0.5) is 8.78 Å². The molecule has 0 bridgehead atoms. The van der Waals surface area contributed by atoms with Gasteiger partial charge in [-0.1, -0.05) is 0 Å². The molecule has 0 aliphatic carbocycles. The van der Waals surface area contributed by atoms with E-state index < -0.39 is 23.4 Å². The monoisotopic (exact) mass is 343 g/mol. The van der Waals surface area contributed by atoms with Gasteiger partial charge >= 0.3 is 0 Å². The van der Waals surface area contributed by atoms with Crippen LogP contribution in [0.3, 0.4) is 0 Å². The van der Waals surface area contributed by atoms with Gasteiger partial charge in [0.25, 0.3) is 11.8 Å². The molecular weight excluding hydrogens is 336 g/mol. The molecule has 2 rings (SSSR count). The normalized spacial score (nSPS) is 10.2. The first-order valence-electron chi connectivity index (χ1n) is 5.37. The van der Waals surface area contributed by atoms with Crippen molar-refractivity contribution in [3.05, 3.63) is 57.8 Å². The van der Waals surface area contributed by atoms with Gasteiger partial charge in [0.15, 0.2) is 0 Å². The molecule has 5 nitrogen and oxygen atoms in total. The fraction of sp³-hybridized carbons (Fsp3) is 0. The molecule has 3 N–H and O–H groups in total. The van der Waals surface area contributed by atoms with Gasteiger partial charge in [-0.2, -0.15) is 0 Å². The molecule has 0 aliphatic rings. The molecule has 20 heavy (non-hydrogen) atoms. The number of hydrazine groups is 1. The molecule has 0 spiro atoms. The van der Waals surface area contributed by atoms with E-state index >= 15 is 0 Å². The van der Waals surface area contributed by atoms with Gasteiger partial charge in [0.1, 0.15) is 17.3 Å². The Morgan fingerprint density at radius 2 is 1.80 bits per heavy atom. The van der Waals surface area contributed by atoms with Crippen molar-refractivity contribution in [1.29, 1.82) is 0 Å². The van der Waals surface area contributed by atoms with E-state index in [1.54, 1.807) is 0 Å². The van der Waals surface area contributed by atoms with Gasteiger partial charge in [-0.15, -0.1) is 0 Å². The maximum absolute atomic E-state index is 13.3. The van der Waals surface area contributed by atoms with Gasteiger partial charge in [0, 0.05) is 16.7 Å². The number of halogens is 3. The fourth-order valence-electron chi connectivity index (χ4n) is 1.42. The SMILES string of the molecule is O=C(NNC(=O)c1ccc(F)cc1F)c1cc(Br)c[nH]1. The van der Waals surface area contributed by atoms with Crippen molar-refractivity contribution in [1.82, 2.24) is 15.8 Å². The minimum Gasteiger partial charge on any atom is -0.356 e. The number of H-pyrrole nitrogens is 1. The number of aromatic amines is 1. The average molecular weight is 344 g/mol. The van der Waals surface area contributed by atoms with Crippen LogP contribution in [-0.4, -0.2) is 16.8 Å². The number of carbonyl (C=O) groups excluding carboxylic acids is 2. The first-order chi connectivity index (χ1) is 9.47. The highest BCUT2D eigenvalue weighted by Crippen LogP contribution is 2.10. The second-order valence-corrected chi connectivity index (χ2v) is 4.68. The number of aromatic nitrogens is 1. The number of hydrogen-bond donors (Lipinski definition) is 3. The van der Waals surface area contributed by atoms with E-state index in [2.05, 4.69) is 26.3 Å². The number of rotatable bonds is 2. The Morgan fingerprint density at radius 1 is 1.10 bits per heavy atom. The van der Waals surface area contributed by atoms with E-state index in [0.29, 0.717) is 10.5 Å². The van der Waals surface area contributed by atoms with Gasteiger partial charge in [0.2, 0.25) is 0 Å². The predicted octanol–water partition coefficient (Wildman–Crippen LogP) is 2.13. The quantitative estimate of drug-likeness (QED) is 0.731. The zero-order chi connectivity index (χ0) is 14.7. The lowest BCUT2D eigenvalue weighted by atomic mass is 10.2. The third-order valence-electron chi connectivity index (χ3n) is 2.36. The molecule has 1 heterocycles. The minimum atomic E-state index is -1.01. The van der Waals surface area contributed by atoms with Crippen LogP contribution in [0, 0.1) is 11.6 Å². The molecule has 2 aromatic rings. The summed E-state index contributed by atoms with van der Waals surface area (Å²) in [5.41, 5.74) is 3.96. The van der Waals surface area contributed by atoms with Crippen molar-refractivity contribution in [3.8, 4) is 0 Å². The Labute approximate surface area is 120 Å². The summed E-state index contributed by atoms with van der Waals surface area (Å²) in [5.74, 6) is -3.30. The van der Waals surface area contributed by atoms with Crippen LogP contribution in [0.2, 0.25) is 0 Å². The molecule has 0 unspecified atom stereocenters. The number of amides is 2. The van der Waals surface area contributed by atoms with Crippen LogP contribution in [0.15, 0.2) is 34.9 Å². The summed E-state index contributed by atoms with van der Waals surface area (Å²) in [6, 6.07) is 4.01.